The normalized spacial score (nSPS) is 16.4. The number of quaternary nitrogens is 1. The Morgan fingerprint density at radius 3 is 2.40 bits per heavy atom. The highest BCUT2D eigenvalue weighted by Gasteiger charge is 2.27. The van der Waals surface area contributed by atoms with Gasteiger partial charge >= 0.3 is 0 Å². The fraction of sp³-hybridized carbons (Fsp3) is 0.350. The number of halogens is 1. The van der Waals surface area contributed by atoms with Gasteiger partial charge in [0, 0.05) is 11.1 Å². The summed E-state index contributed by atoms with van der Waals surface area (Å²) in [6.45, 7) is 5.67. The van der Waals surface area contributed by atoms with E-state index in [1.54, 1.807) is 12.1 Å². The van der Waals surface area contributed by atoms with Crippen molar-refractivity contribution in [1.29, 1.82) is 0 Å². The fourth-order valence-corrected chi connectivity index (χ4v) is 3.18. The van der Waals surface area contributed by atoms with Crippen LogP contribution in [0.1, 0.15) is 27.5 Å². The molecule has 1 heterocycles. The number of aryl methyl sites for hydroxylation is 1. The van der Waals surface area contributed by atoms with Crippen molar-refractivity contribution < 1.29 is 18.8 Å². The van der Waals surface area contributed by atoms with Gasteiger partial charge in [-0.1, -0.05) is 29.8 Å². The first-order valence-corrected chi connectivity index (χ1v) is 8.66. The quantitative estimate of drug-likeness (QED) is 0.864. The van der Waals surface area contributed by atoms with Crippen LogP contribution < -0.4 is 10.2 Å². The van der Waals surface area contributed by atoms with Crippen molar-refractivity contribution in [2.45, 2.75) is 13.0 Å². The van der Waals surface area contributed by atoms with Gasteiger partial charge in [0.05, 0.1) is 19.8 Å². The maximum atomic E-state index is 13.3. The minimum absolute atomic E-state index is 0.0823. The molecule has 1 saturated heterocycles. The van der Waals surface area contributed by atoms with Gasteiger partial charge in [-0.3, -0.25) is 4.79 Å². The van der Waals surface area contributed by atoms with E-state index in [1.807, 2.05) is 31.2 Å². The fourth-order valence-electron chi connectivity index (χ4n) is 3.18. The maximum absolute atomic E-state index is 13.3. The summed E-state index contributed by atoms with van der Waals surface area (Å²) in [5, 5.41) is 3.03. The zero-order valence-corrected chi connectivity index (χ0v) is 14.4. The maximum Gasteiger partial charge on any atom is 0.251 e. The van der Waals surface area contributed by atoms with Gasteiger partial charge in [-0.15, -0.1) is 0 Å². The molecule has 0 saturated carbocycles. The van der Waals surface area contributed by atoms with E-state index in [0.29, 0.717) is 25.3 Å². The molecule has 1 aliphatic heterocycles. The summed E-state index contributed by atoms with van der Waals surface area (Å²) in [6, 6.07) is 14.2. The summed E-state index contributed by atoms with van der Waals surface area (Å²) in [5.74, 6) is -0.331. The average molecular weight is 343 g/mol. The molecule has 132 valence electrons. The summed E-state index contributed by atoms with van der Waals surface area (Å²) in [5.41, 5.74) is 2.81. The number of carbonyl (C=O) groups excluding carboxylic acids is 1. The number of hydrogen-bond donors (Lipinski definition) is 2. The lowest BCUT2D eigenvalue weighted by atomic mass is 10.0. The van der Waals surface area contributed by atoms with Gasteiger partial charge < -0.3 is 15.0 Å². The van der Waals surface area contributed by atoms with Crippen LogP contribution in [0.3, 0.4) is 0 Å². The van der Waals surface area contributed by atoms with E-state index in [0.717, 1.165) is 24.2 Å². The van der Waals surface area contributed by atoms with Crippen molar-refractivity contribution in [3.8, 4) is 0 Å². The van der Waals surface area contributed by atoms with Crippen LogP contribution in [0.2, 0.25) is 0 Å². The molecule has 2 aromatic rings. The number of ether oxygens (including phenoxy) is 1. The van der Waals surface area contributed by atoms with E-state index in [4.69, 9.17) is 4.74 Å². The molecule has 2 N–H and O–H groups in total. The van der Waals surface area contributed by atoms with Crippen LogP contribution in [0, 0.1) is 12.7 Å². The molecule has 2 aromatic carbocycles. The molecule has 0 unspecified atom stereocenters. The van der Waals surface area contributed by atoms with E-state index in [2.05, 4.69) is 5.32 Å². The van der Waals surface area contributed by atoms with Gasteiger partial charge in [-0.2, -0.15) is 0 Å². The molecule has 1 fully saturated rings. The van der Waals surface area contributed by atoms with Gasteiger partial charge in [0.2, 0.25) is 0 Å². The van der Waals surface area contributed by atoms with Crippen LogP contribution in [-0.4, -0.2) is 38.8 Å². The average Bonchev–Trinajstić information content (AvgIpc) is 2.64. The third kappa shape index (κ3) is 4.65. The molecule has 25 heavy (non-hydrogen) atoms. The number of amides is 1. The summed E-state index contributed by atoms with van der Waals surface area (Å²) in [7, 11) is 0. The smallest absolute Gasteiger partial charge is 0.251 e. The lowest BCUT2D eigenvalue weighted by Gasteiger charge is -2.32. The van der Waals surface area contributed by atoms with Crippen LogP contribution in [-0.2, 0) is 4.74 Å². The molecule has 1 amide bonds. The van der Waals surface area contributed by atoms with Crippen molar-refractivity contribution in [2.24, 2.45) is 0 Å². The predicted molar refractivity (Wildman–Crippen MR) is 94.2 cm³/mol. The SMILES string of the molecule is Cc1ccc(C(=O)NC[C@@H](c2ccc(F)cc2)[NH+]2CCOCC2)cc1. The highest BCUT2D eigenvalue weighted by molar-refractivity contribution is 5.94. The van der Waals surface area contributed by atoms with Crippen LogP contribution >= 0.6 is 0 Å². The van der Waals surface area contributed by atoms with E-state index >= 15 is 0 Å². The first kappa shape index (κ1) is 17.6. The monoisotopic (exact) mass is 343 g/mol. The van der Waals surface area contributed by atoms with Gasteiger partial charge in [0.25, 0.3) is 5.91 Å². The van der Waals surface area contributed by atoms with Crippen LogP contribution in [0.4, 0.5) is 4.39 Å². The Morgan fingerprint density at radius 1 is 1.12 bits per heavy atom. The second-order valence-corrected chi connectivity index (χ2v) is 6.45. The highest BCUT2D eigenvalue weighted by atomic mass is 19.1. The summed E-state index contributed by atoms with van der Waals surface area (Å²) in [4.78, 5) is 13.8. The number of carbonyl (C=O) groups is 1. The van der Waals surface area contributed by atoms with Gasteiger partial charge in [-0.25, -0.2) is 4.39 Å². The van der Waals surface area contributed by atoms with Gasteiger partial charge in [0.15, 0.2) is 0 Å². The highest BCUT2D eigenvalue weighted by Crippen LogP contribution is 2.11. The van der Waals surface area contributed by atoms with E-state index in [1.165, 1.54) is 17.0 Å². The standard InChI is InChI=1S/C20H23FN2O2/c1-15-2-4-17(5-3-15)20(24)22-14-19(23-10-12-25-13-11-23)16-6-8-18(21)9-7-16/h2-9,19H,10-14H2,1H3,(H,22,24)/p+1/t19-/m0/s1. The molecular formula is C20H24FN2O2+. The summed E-state index contributed by atoms with van der Waals surface area (Å²) >= 11 is 0. The van der Waals surface area contributed by atoms with Crippen molar-refractivity contribution in [3.05, 3.63) is 71.0 Å². The number of morpholine rings is 1. The lowest BCUT2D eigenvalue weighted by molar-refractivity contribution is -0.937. The van der Waals surface area contributed by atoms with Crippen LogP contribution in [0.15, 0.2) is 48.5 Å². The Hall–Kier alpha value is -2.24. The Bertz CT molecular complexity index is 695. The predicted octanol–water partition coefficient (Wildman–Crippen LogP) is 1.52. The van der Waals surface area contributed by atoms with Crippen molar-refractivity contribution in [3.63, 3.8) is 0 Å². The molecule has 5 heteroatoms. The molecule has 0 radical (unpaired) electrons. The van der Waals surface area contributed by atoms with E-state index in [9.17, 15) is 9.18 Å². The number of nitrogens with one attached hydrogen (secondary N) is 2. The van der Waals surface area contributed by atoms with Crippen molar-refractivity contribution in [2.75, 3.05) is 32.8 Å². The Balaban J connectivity index is 1.71. The summed E-state index contributed by atoms with van der Waals surface area (Å²) in [6.07, 6.45) is 0. The largest absolute Gasteiger partial charge is 0.370 e. The second kappa shape index (κ2) is 8.23. The van der Waals surface area contributed by atoms with Crippen LogP contribution in [0.25, 0.3) is 0 Å². The van der Waals surface area contributed by atoms with Crippen LogP contribution in [0.5, 0.6) is 0 Å². The lowest BCUT2D eigenvalue weighted by Crippen LogP contribution is -3.15. The van der Waals surface area contributed by atoms with Gasteiger partial charge in [0.1, 0.15) is 24.9 Å². The number of benzene rings is 2. The third-order valence-electron chi connectivity index (χ3n) is 4.68. The minimum atomic E-state index is -0.247. The third-order valence-corrected chi connectivity index (χ3v) is 4.68. The first-order chi connectivity index (χ1) is 12.1. The second-order valence-electron chi connectivity index (χ2n) is 6.45. The molecule has 0 aromatic heterocycles. The molecule has 4 nitrogen and oxygen atoms in total. The number of hydrogen-bond acceptors (Lipinski definition) is 2. The topological polar surface area (TPSA) is 42.8 Å². The number of rotatable bonds is 5. The Labute approximate surface area is 147 Å². The summed E-state index contributed by atoms with van der Waals surface area (Å²) < 4.78 is 18.7. The molecular weight excluding hydrogens is 319 g/mol. The minimum Gasteiger partial charge on any atom is -0.370 e. The zero-order chi connectivity index (χ0) is 17.6. The first-order valence-electron chi connectivity index (χ1n) is 8.66. The van der Waals surface area contributed by atoms with E-state index < -0.39 is 0 Å². The molecule has 0 bridgehead atoms. The van der Waals surface area contributed by atoms with Gasteiger partial charge in [-0.05, 0) is 31.2 Å². The Kier molecular flexibility index (Phi) is 5.79. The van der Waals surface area contributed by atoms with Crippen molar-refractivity contribution in [1.82, 2.24) is 5.32 Å². The molecule has 1 atom stereocenters. The van der Waals surface area contributed by atoms with Crippen molar-refractivity contribution >= 4 is 5.91 Å². The molecule has 3 rings (SSSR count). The zero-order valence-electron chi connectivity index (χ0n) is 14.4. The molecule has 0 aliphatic carbocycles. The Morgan fingerprint density at radius 2 is 1.76 bits per heavy atom. The molecule has 1 aliphatic rings. The molecule has 0 spiro atoms. The van der Waals surface area contributed by atoms with E-state index in [-0.39, 0.29) is 17.8 Å².